The number of carbonyl (C=O) groups is 2. The zero-order chi connectivity index (χ0) is 21.1. The Morgan fingerprint density at radius 2 is 1.68 bits per heavy atom. The molecule has 2 amide bonds. The molecule has 2 rings (SSSR count). The molecule has 0 aliphatic heterocycles. The van der Waals surface area contributed by atoms with Gasteiger partial charge in [0.15, 0.2) is 0 Å². The van der Waals surface area contributed by atoms with E-state index in [0.717, 1.165) is 21.7 Å². The minimum atomic E-state index is -3.75. The van der Waals surface area contributed by atoms with Crippen molar-refractivity contribution < 1.29 is 18.0 Å². The Hall–Kier alpha value is -2.87. The summed E-state index contributed by atoms with van der Waals surface area (Å²) in [5.74, 6) is -1.22. The van der Waals surface area contributed by atoms with E-state index in [4.69, 9.17) is 5.73 Å². The third kappa shape index (κ3) is 4.89. The molecule has 28 heavy (non-hydrogen) atoms. The molecule has 3 N–H and O–H groups in total. The summed E-state index contributed by atoms with van der Waals surface area (Å²) in [6, 6.07) is 10.7. The summed E-state index contributed by atoms with van der Waals surface area (Å²) in [5, 5.41) is 2.65. The highest BCUT2D eigenvalue weighted by atomic mass is 32.2. The second-order valence-electron chi connectivity index (χ2n) is 6.73. The van der Waals surface area contributed by atoms with Crippen molar-refractivity contribution in [3.63, 3.8) is 0 Å². The average Bonchev–Trinajstić information content (AvgIpc) is 2.57. The molecule has 0 aliphatic rings. The van der Waals surface area contributed by atoms with Crippen LogP contribution in [-0.2, 0) is 14.8 Å². The van der Waals surface area contributed by atoms with Crippen LogP contribution in [-0.4, -0.2) is 32.5 Å². The SMILES string of the molecule is CC[C@@H](C(=O)Nc1ccccc1C(N)=O)N(c1cc(C)cc(C)c1)S(C)(=O)=O. The van der Waals surface area contributed by atoms with Crippen LogP contribution in [0.25, 0.3) is 0 Å². The Labute approximate surface area is 165 Å². The van der Waals surface area contributed by atoms with Crippen molar-refractivity contribution in [2.45, 2.75) is 33.2 Å². The highest BCUT2D eigenvalue weighted by molar-refractivity contribution is 7.92. The van der Waals surface area contributed by atoms with Gasteiger partial charge in [0, 0.05) is 0 Å². The Morgan fingerprint density at radius 3 is 2.18 bits per heavy atom. The van der Waals surface area contributed by atoms with Gasteiger partial charge in [-0.1, -0.05) is 25.1 Å². The molecular formula is C20H25N3O4S. The number of nitrogens with zero attached hydrogens (tertiary/aromatic N) is 1. The first kappa shape index (κ1) is 21.4. The van der Waals surface area contributed by atoms with Gasteiger partial charge < -0.3 is 11.1 Å². The molecule has 0 saturated heterocycles. The number of hydrogen-bond acceptors (Lipinski definition) is 4. The van der Waals surface area contributed by atoms with Gasteiger partial charge in [-0.15, -0.1) is 0 Å². The lowest BCUT2D eigenvalue weighted by Gasteiger charge is -2.30. The summed E-state index contributed by atoms with van der Waals surface area (Å²) in [6.45, 7) is 5.45. The Morgan fingerprint density at radius 1 is 1.11 bits per heavy atom. The highest BCUT2D eigenvalue weighted by Crippen LogP contribution is 2.26. The van der Waals surface area contributed by atoms with E-state index in [1.54, 1.807) is 37.3 Å². The van der Waals surface area contributed by atoms with Crippen molar-refractivity contribution in [1.29, 1.82) is 0 Å². The van der Waals surface area contributed by atoms with E-state index in [-0.39, 0.29) is 17.7 Å². The summed E-state index contributed by atoms with van der Waals surface area (Å²) in [7, 11) is -3.75. The topological polar surface area (TPSA) is 110 Å². The predicted octanol–water partition coefficient (Wildman–Crippen LogP) is 2.59. The molecule has 0 saturated carbocycles. The number of nitrogens with two attached hydrogens (primary N) is 1. The van der Waals surface area contributed by atoms with Crippen molar-refractivity contribution in [1.82, 2.24) is 0 Å². The molecule has 150 valence electrons. The molecule has 2 aromatic rings. The van der Waals surface area contributed by atoms with Crippen LogP contribution in [0.1, 0.15) is 34.8 Å². The zero-order valence-corrected chi connectivity index (χ0v) is 17.2. The maximum Gasteiger partial charge on any atom is 0.250 e. The molecule has 8 heteroatoms. The molecule has 0 fully saturated rings. The van der Waals surface area contributed by atoms with E-state index in [1.807, 2.05) is 19.9 Å². The first-order valence-corrected chi connectivity index (χ1v) is 10.7. The Balaban J connectivity index is 2.47. The van der Waals surface area contributed by atoms with E-state index in [0.29, 0.717) is 5.69 Å². The maximum absolute atomic E-state index is 13.0. The number of carbonyl (C=O) groups excluding carboxylic acids is 2. The van der Waals surface area contributed by atoms with Crippen LogP contribution in [0.3, 0.4) is 0 Å². The van der Waals surface area contributed by atoms with Gasteiger partial charge in [-0.25, -0.2) is 8.42 Å². The smallest absolute Gasteiger partial charge is 0.250 e. The average molecular weight is 404 g/mol. The van der Waals surface area contributed by atoms with E-state index in [1.165, 1.54) is 6.07 Å². The minimum absolute atomic E-state index is 0.156. The number of amides is 2. The van der Waals surface area contributed by atoms with E-state index in [9.17, 15) is 18.0 Å². The standard InChI is InChI=1S/C20H25N3O4S/c1-5-18(20(25)22-17-9-7-6-8-16(17)19(21)24)23(28(4,26)27)15-11-13(2)10-14(3)12-15/h6-12,18H,5H2,1-4H3,(H2,21,24)(H,22,25)/t18-/m0/s1. The number of primary amides is 1. The Kier molecular flexibility index (Phi) is 6.45. The second-order valence-corrected chi connectivity index (χ2v) is 8.59. The summed E-state index contributed by atoms with van der Waals surface area (Å²) in [6.07, 6.45) is 1.31. The summed E-state index contributed by atoms with van der Waals surface area (Å²) >= 11 is 0. The molecule has 0 unspecified atom stereocenters. The van der Waals surface area contributed by atoms with Crippen LogP contribution in [0, 0.1) is 13.8 Å². The molecule has 0 aliphatic carbocycles. The summed E-state index contributed by atoms with van der Waals surface area (Å²) in [5.41, 5.74) is 7.95. The quantitative estimate of drug-likeness (QED) is 0.740. The van der Waals surface area contributed by atoms with Gasteiger partial charge in [-0.05, 0) is 55.7 Å². The summed E-state index contributed by atoms with van der Waals surface area (Å²) in [4.78, 5) is 24.6. The number of anilines is 2. The van der Waals surface area contributed by atoms with Gasteiger partial charge in [0.1, 0.15) is 6.04 Å². The molecule has 0 spiro atoms. The number of benzene rings is 2. The van der Waals surface area contributed by atoms with E-state index >= 15 is 0 Å². The number of nitrogens with one attached hydrogen (secondary N) is 1. The monoisotopic (exact) mass is 403 g/mol. The lowest BCUT2D eigenvalue weighted by molar-refractivity contribution is -0.117. The molecule has 1 atom stereocenters. The third-order valence-corrected chi connectivity index (χ3v) is 5.42. The van der Waals surface area contributed by atoms with Crippen molar-refractivity contribution in [2.24, 2.45) is 5.73 Å². The van der Waals surface area contributed by atoms with Crippen molar-refractivity contribution >= 4 is 33.2 Å². The minimum Gasteiger partial charge on any atom is -0.366 e. The molecule has 0 bridgehead atoms. The number of sulfonamides is 1. The highest BCUT2D eigenvalue weighted by Gasteiger charge is 2.32. The van der Waals surface area contributed by atoms with Crippen LogP contribution >= 0.6 is 0 Å². The molecule has 0 radical (unpaired) electrons. The van der Waals surface area contributed by atoms with Crippen LogP contribution < -0.4 is 15.4 Å². The van der Waals surface area contributed by atoms with Gasteiger partial charge in [-0.3, -0.25) is 13.9 Å². The van der Waals surface area contributed by atoms with Crippen LogP contribution in [0.5, 0.6) is 0 Å². The molecular weight excluding hydrogens is 378 g/mol. The van der Waals surface area contributed by atoms with Crippen LogP contribution in [0.2, 0.25) is 0 Å². The lowest BCUT2D eigenvalue weighted by atomic mass is 10.1. The van der Waals surface area contributed by atoms with Gasteiger partial charge in [-0.2, -0.15) is 0 Å². The number of para-hydroxylation sites is 1. The fourth-order valence-electron chi connectivity index (χ4n) is 3.16. The predicted molar refractivity (Wildman–Crippen MR) is 111 cm³/mol. The van der Waals surface area contributed by atoms with E-state index in [2.05, 4.69) is 5.32 Å². The largest absolute Gasteiger partial charge is 0.366 e. The molecule has 7 nitrogen and oxygen atoms in total. The van der Waals surface area contributed by atoms with Gasteiger partial charge in [0.05, 0.1) is 23.2 Å². The van der Waals surface area contributed by atoms with Crippen LogP contribution in [0.4, 0.5) is 11.4 Å². The van der Waals surface area contributed by atoms with E-state index < -0.39 is 27.9 Å². The first-order valence-electron chi connectivity index (χ1n) is 8.82. The molecule has 0 heterocycles. The van der Waals surface area contributed by atoms with Crippen molar-refractivity contribution in [3.05, 3.63) is 59.2 Å². The lowest BCUT2D eigenvalue weighted by Crippen LogP contribution is -2.47. The van der Waals surface area contributed by atoms with Gasteiger partial charge >= 0.3 is 0 Å². The fraction of sp³-hybridized carbons (Fsp3) is 0.300. The normalized spacial score (nSPS) is 12.3. The molecule has 2 aromatic carbocycles. The second kappa shape index (κ2) is 8.43. The molecule has 0 aromatic heterocycles. The van der Waals surface area contributed by atoms with Gasteiger partial charge in [0.25, 0.3) is 5.91 Å². The zero-order valence-electron chi connectivity index (χ0n) is 16.4. The number of aryl methyl sites for hydroxylation is 2. The fourth-order valence-corrected chi connectivity index (χ4v) is 4.36. The Bertz CT molecular complexity index is 982. The van der Waals surface area contributed by atoms with Crippen molar-refractivity contribution in [3.8, 4) is 0 Å². The van der Waals surface area contributed by atoms with Gasteiger partial charge in [0.2, 0.25) is 15.9 Å². The summed E-state index contributed by atoms with van der Waals surface area (Å²) < 4.78 is 26.2. The van der Waals surface area contributed by atoms with Crippen molar-refractivity contribution in [2.75, 3.05) is 15.9 Å². The number of rotatable bonds is 7. The van der Waals surface area contributed by atoms with Crippen LogP contribution in [0.15, 0.2) is 42.5 Å². The number of hydrogen-bond donors (Lipinski definition) is 2. The maximum atomic E-state index is 13.0. The first-order chi connectivity index (χ1) is 13.0. The third-order valence-electron chi connectivity index (χ3n) is 4.24.